The lowest BCUT2D eigenvalue weighted by Gasteiger charge is -2.04. The molecule has 1 aromatic heterocycles. The van der Waals surface area contributed by atoms with Crippen molar-refractivity contribution >= 4 is 17.0 Å². The molecule has 1 nitrogen and oxygen atoms in total. The maximum atomic E-state index is 5.75. The van der Waals surface area contributed by atoms with Gasteiger partial charge in [0.15, 0.2) is 0 Å². The van der Waals surface area contributed by atoms with Gasteiger partial charge in [-0.3, -0.25) is 0 Å². The summed E-state index contributed by atoms with van der Waals surface area (Å²) in [5, 5.41) is 2.02. The van der Waals surface area contributed by atoms with E-state index in [1.807, 2.05) is 5.38 Å². The van der Waals surface area contributed by atoms with E-state index in [9.17, 15) is 0 Å². The SMILES string of the molecule is Cc1scc(N)c1C(C)C. The zero-order valence-electron chi connectivity index (χ0n) is 6.64. The van der Waals surface area contributed by atoms with E-state index in [1.165, 1.54) is 10.4 Å². The lowest BCUT2D eigenvalue weighted by atomic mass is 10.0. The van der Waals surface area contributed by atoms with Crippen LogP contribution >= 0.6 is 11.3 Å². The fourth-order valence-electron chi connectivity index (χ4n) is 1.22. The molecule has 0 unspecified atom stereocenters. The van der Waals surface area contributed by atoms with Gasteiger partial charge in [0.2, 0.25) is 0 Å². The molecule has 0 radical (unpaired) electrons. The van der Waals surface area contributed by atoms with Gasteiger partial charge in [0, 0.05) is 15.9 Å². The van der Waals surface area contributed by atoms with Gasteiger partial charge in [-0.25, -0.2) is 0 Å². The van der Waals surface area contributed by atoms with E-state index in [2.05, 4.69) is 20.8 Å². The van der Waals surface area contributed by atoms with Crippen molar-refractivity contribution in [3.8, 4) is 0 Å². The third-order valence-corrected chi connectivity index (χ3v) is 2.58. The van der Waals surface area contributed by atoms with Crippen LogP contribution in [0, 0.1) is 6.92 Å². The first kappa shape index (κ1) is 7.61. The van der Waals surface area contributed by atoms with Crippen LogP contribution in [0.25, 0.3) is 0 Å². The molecule has 2 N–H and O–H groups in total. The maximum absolute atomic E-state index is 5.75. The minimum atomic E-state index is 0.561. The van der Waals surface area contributed by atoms with Crippen LogP contribution in [0.1, 0.15) is 30.2 Å². The van der Waals surface area contributed by atoms with Crippen LogP contribution in [0.4, 0.5) is 5.69 Å². The first-order chi connectivity index (χ1) is 4.63. The van der Waals surface area contributed by atoms with Gasteiger partial charge in [-0.2, -0.15) is 0 Å². The maximum Gasteiger partial charge on any atom is 0.0460 e. The van der Waals surface area contributed by atoms with Crippen molar-refractivity contribution in [1.29, 1.82) is 0 Å². The number of anilines is 1. The molecule has 10 heavy (non-hydrogen) atoms. The number of nitrogens with two attached hydrogens (primary N) is 1. The van der Waals surface area contributed by atoms with Crippen molar-refractivity contribution < 1.29 is 0 Å². The molecule has 0 aliphatic rings. The smallest absolute Gasteiger partial charge is 0.0460 e. The number of nitrogen functional groups attached to an aromatic ring is 1. The molecular formula is C8H13NS. The van der Waals surface area contributed by atoms with Crippen molar-refractivity contribution in [2.24, 2.45) is 0 Å². The Balaban J connectivity index is 3.10. The Hall–Kier alpha value is -0.500. The molecular weight excluding hydrogens is 142 g/mol. The molecule has 0 amide bonds. The predicted octanol–water partition coefficient (Wildman–Crippen LogP) is 2.76. The molecule has 0 saturated heterocycles. The van der Waals surface area contributed by atoms with Crippen molar-refractivity contribution in [2.45, 2.75) is 26.7 Å². The number of rotatable bonds is 1. The first-order valence-electron chi connectivity index (χ1n) is 3.46. The highest BCUT2D eigenvalue weighted by Gasteiger charge is 2.08. The van der Waals surface area contributed by atoms with E-state index < -0.39 is 0 Å². The largest absolute Gasteiger partial charge is 0.398 e. The summed E-state index contributed by atoms with van der Waals surface area (Å²) in [4.78, 5) is 1.35. The third kappa shape index (κ3) is 1.16. The molecule has 0 aliphatic carbocycles. The van der Waals surface area contributed by atoms with Gasteiger partial charge in [-0.05, 0) is 18.4 Å². The minimum absolute atomic E-state index is 0.561. The monoisotopic (exact) mass is 155 g/mol. The molecule has 56 valence electrons. The van der Waals surface area contributed by atoms with Crippen molar-refractivity contribution in [1.82, 2.24) is 0 Å². The molecule has 0 fully saturated rings. The highest BCUT2D eigenvalue weighted by molar-refractivity contribution is 7.10. The Morgan fingerprint density at radius 3 is 2.30 bits per heavy atom. The van der Waals surface area contributed by atoms with E-state index in [4.69, 9.17) is 5.73 Å². The van der Waals surface area contributed by atoms with Gasteiger partial charge in [0.05, 0.1) is 0 Å². The molecule has 0 aromatic carbocycles. The standard InChI is InChI=1S/C8H13NS/c1-5(2)8-6(3)10-4-7(8)9/h4-5H,9H2,1-3H3. The molecule has 1 heterocycles. The van der Waals surface area contributed by atoms with E-state index in [-0.39, 0.29) is 0 Å². The summed E-state index contributed by atoms with van der Waals surface area (Å²) in [5.41, 5.74) is 8.03. The Labute approximate surface area is 65.9 Å². The second-order valence-electron chi connectivity index (χ2n) is 2.82. The van der Waals surface area contributed by atoms with Crippen LogP contribution in [0.15, 0.2) is 5.38 Å². The summed E-state index contributed by atoms with van der Waals surface area (Å²) < 4.78 is 0. The number of aryl methyl sites for hydroxylation is 1. The Morgan fingerprint density at radius 2 is 2.10 bits per heavy atom. The summed E-state index contributed by atoms with van der Waals surface area (Å²) in [5.74, 6) is 0.561. The normalized spacial score (nSPS) is 10.8. The highest BCUT2D eigenvalue weighted by Crippen LogP contribution is 2.30. The topological polar surface area (TPSA) is 26.0 Å². The highest BCUT2D eigenvalue weighted by atomic mass is 32.1. The fraction of sp³-hybridized carbons (Fsp3) is 0.500. The Morgan fingerprint density at radius 1 is 1.50 bits per heavy atom. The van der Waals surface area contributed by atoms with E-state index in [1.54, 1.807) is 11.3 Å². The van der Waals surface area contributed by atoms with Gasteiger partial charge < -0.3 is 5.73 Å². The van der Waals surface area contributed by atoms with E-state index in [0.29, 0.717) is 5.92 Å². The average molecular weight is 155 g/mol. The molecule has 1 rings (SSSR count). The second-order valence-corrected chi connectivity index (χ2v) is 3.90. The van der Waals surface area contributed by atoms with Gasteiger partial charge in [-0.15, -0.1) is 11.3 Å². The molecule has 2 heteroatoms. The van der Waals surface area contributed by atoms with Gasteiger partial charge >= 0.3 is 0 Å². The van der Waals surface area contributed by atoms with Gasteiger partial charge in [0.1, 0.15) is 0 Å². The molecule has 0 spiro atoms. The molecule has 0 bridgehead atoms. The second kappa shape index (κ2) is 2.62. The van der Waals surface area contributed by atoms with Crippen LogP contribution in [0.5, 0.6) is 0 Å². The molecule has 0 aliphatic heterocycles. The fourth-order valence-corrected chi connectivity index (χ4v) is 2.13. The number of hydrogen-bond donors (Lipinski definition) is 1. The quantitative estimate of drug-likeness (QED) is 0.663. The summed E-state index contributed by atoms with van der Waals surface area (Å²) in [6, 6.07) is 0. The van der Waals surface area contributed by atoms with Crippen LogP contribution in [0.3, 0.4) is 0 Å². The lowest BCUT2D eigenvalue weighted by molar-refractivity contribution is 0.867. The van der Waals surface area contributed by atoms with Crippen molar-refractivity contribution in [3.05, 3.63) is 15.8 Å². The first-order valence-corrected chi connectivity index (χ1v) is 4.34. The van der Waals surface area contributed by atoms with Gasteiger partial charge in [0.25, 0.3) is 0 Å². The van der Waals surface area contributed by atoms with Crippen LogP contribution in [-0.4, -0.2) is 0 Å². The Kier molecular flexibility index (Phi) is 2.00. The van der Waals surface area contributed by atoms with Gasteiger partial charge in [-0.1, -0.05) is 13.8 Å². The number of thiophene rings is 1. The summed E-state index contributed by atoms with van der Waals surface area (Å²) in [6.07, 6.45) is 0. The van der Waals surface area contributed by atoms with Crippen LogP contribution in [0.2, 0.25) is 0 Å². The lowest BCUT2D eigenvalue weighted by Crippen LogP contribution is -1.93. The summed E-state index contributed by atoms with van der Waals surface area (Å²) >= 11 is 1.73. The average Bonchev–Trinajstić information content (AvgIpc) is 2.11. The van der Waals surface area contributed by atoms with Crippen molar-refractivity contribution in [3.63, 3.8) is 0 Å². The zero-order chi connectivity index (χ0) is 7.72. The Bertz CT molecular complexity index is 206. The predicted molar refractivity (Wildman–Crippen MR) is 47.6 cm³/mol. The zero-order valence-corrected chi connectivity index (χ0v) is 7.46. The van der Waals surface area contributed by atoms with Crippen LogP contribution in [-0.2, 0) is 0 Å². The minimum Gasteiger partial charge on any atom is -0.398 e. The third-order valence-electron chi connectivity index (χ3n) is 1.63. The van der Waals surface area contributed by atoms with E-state index in [0.717, 1.165) is 5.69 Å². The van der Waals surface area contributed by atoms with Crippen molar-refractivity contribution in [2.75, 3.05) is 5.73 Å². The molecule has 0 saturated carbocycles. The van der Waals surface area contributed by atoms with E-state index >= 15 is 0 Å². The summed E-state index contributed by atoms with van der Waals surface area (Å²) in [7, 11) is 0. The molecule has 1 aromatic rings. The number of hydrogen-bond acceptors (Lipinski definition) is 2. The molecule has 0 atom stereocenters. The summed E-state index contributed by atoms with van der Waals surface area (Å²) in [6.45, 7) is 6.47. The van der Waals surface area contributed by atoms with Crippen LogP contribution < -0.4 is 5.73 Å².